The molecule has 2 rings (SSSR count). The van der Waals surface area contributed by atoms with Crippen molar-refractivity contribution < 1.29 is 9.53 Å². The summed E-state index contributed by atoms with van der Waals surface area (Å²) >= 11 is 11.9. The number of halogens is 2. The van der Waals surface area contributed by atoms with Gasteiger partial charge in [0.15, 0.2) is 0 Å². The SMILES string of the molecule is CC(C)(C)OC(=O)N1CCCC(CNc2ccc(Cl)c(Cl)c2)C1. The molecule has 0 radical (unpaired) electrons. The van der Waals surface area contributed by atoms with E-state index in [1.807, 2.05) is 32.9 Å². The normalized spacial score (nSPS) is 18.7. The molecule has 4 nitrogen and oxygen atoms in total. The van der Waals surface area contributed by atoms with Crippen molar-refractivity contribution in [2.75, 3.05) is 25.0 Å². The number of carbonyl (C=O) groups is 1. The predicted molar refractivity (Wildman–Crippen MR) is 95.5 cm³/mol. The second-order valence-electron chi connectivity index (χ2n) is 6.94. The second kappa shape index (κ2) is 7.63. The Labute approximate surface area is 148 Å². The molecular formula is C17H24Cl2N2O2. The Morgan fingerprint density at radius 2 is 2.09 bits per heavy atom. The van der Waals surface area contributed by atoms with Crippen molar-refractivity contribution in [2.45, 2.75) is 39.2 Å². The van der Waals surface area contributed by atoms with Crippen LogP contribution in [0.15, 0.2) is 18.2 Å². The number of likely N-dealkylation sites (tertiary alicyclic amines) is 1. The van der Waals surface area contributed by atoms with E-state index < -0.39 is 5.60 Å². The molecule has 1 amide bonds. The average molecular weight is 359 g/mol. The Balaban J connectivity index is 1.86. The lowest BCUT2D eigenvalue weighted by Crippen LogP contribution is -2.44. The molecule has 1 aromatic carbocycles. The Kier molecular flexibility index (Phi) is 6.04. The maximum Gasteiger partial charge on any atom is 0.410 e. The van der Waals surface area contributed by atoms with Crippen LogP contribution in [0.2, 0.25) is 10.0 Å². The van der Waals surface area contributed by atoms with E-state index in [0.29, 0.717) is 22.5 Å². The van der Waals surface area contributed by atoms with Gasteiger partial charge in [0, 0.05) is 25.3 Å². The number of ether oxygens (including phenoxy) is 1. The fourth-order valence-electron chi connectivity index (χ4n) is 2.59. The summed E-state index contributed by atoms with van der Waals surface area (Å²) in [6.07, 6.45) is 1.86. The molecule has 23 heavy (non-hydrogen) atoms. The van der Waals surface area contributed by atoms with E-state index in [0.717, 1.165) is 31.6 Å². The topological polar surface area (TPSA) is 41.6 Å². The summed E-state index contributed by atoms with van der Waals surface area (Å²) in [6.45, 7) is 7.92. The van der Waals surface area contributed by atoms with Crippen LogP contribution in [0.5, 0.6) is 0 Å². The van der Waals surface area contributed by atoms with Crippen LogP contribution in [0.4, 0.5) is 10.5 Å². The first kappa shape index (κ1) is 18.2. The van der Waals surface area contributed by atoms with Gasteiger partial charge in [-0.05, 0) is 57.7 Å². The highest BCUT2D eigenvalue weighted by Crippen LogP contribution is 2.26. The largest absolute Gasteiger partial charge is 0.444 e. The third kappa shape index (κ3) is 5.78. The zero-order chi connectivity index (χ0) is 17.0. The highest BCUT2D eigenvalue weighted by Gasteiger charge is 2.27. The van der Waals surface area contributed by atoms with E-state index in [9.17, 15) is 4.79 Å². The van der Waals surface area contributed by atoms with Crippen LogP contribution >= 0.6 is 23.2 Å². The molecule has 0 aliphatic carbocycles. The minimum absolute atomic E-state index is 0.225. The molecule has 1 unspecified atom stereocenters. The molecule has 1 heterocycles. The van der Waals surface area contributed by atoms with Gasteiger partial charge in [-0.1, -0.05) is 23.2 Å². The van der Waals surface area contributed by atoms with Gasteiger partial charge >= 0.3 is 6.09 Å². The van der Waals surface area contributed by atoms with E-state index >= 15 is 0 Å². The van der Waals surface area contributed by atoms with Crippen LogP contribution < -0.4 is 5.32 Å². The number of benzene rings is 1. The van der Waals surface area contributed by atoms with Crippen molar-refractivity contribution in [1.29, 1.82) is 0 Å². The van der Waals surface area contributed by atoms with E-state index in [2.05, 4.69) is 5.32 Å². The first-order valence-electron chi connectivity index (χ1n) is 7.91. The number of nitrogens with zero attached hydrogens (tertiary/aromatic N) is 1. The predicted octanol–water partition coefficient (Wildman–Crippen LogP) is 5.05. The van der Waals surface area contributed by atoms with Gasteiger partial charge < -0.3 is 15.0 Å². The van der Waals surface area contributed by atoms with E-state index in [1.165, 1.54) is 0 Å². The maximum absolute atomic E-state index is 12.2. The van der Waals surface area contributed by atoms with Crippen LogP contribution in [0.3, 0.4) is 0 Å². The van der Waals surface area contributed by atoms with Crippen molar-refractivity contribution in [3.63, 3.8) is 0 Å². The third-order valence-corrected chi connectivity index (χ3v) is 4.42. The molecular weight excluding hydrogens is 335 g/mol. The van der Waals surface area contributed by atoms with E-state index in [-0.39, 0.29) is 6.09 Å². The van der Waals surface area contributed by atoms with Crippen molar-refractivity contribution in [1.82, 2.24) is 4.90 Å². The number of hydrogen-bond donors (Lipinski definition) is 1. The van der Waals surface area contributed by atoms with Crippen molar-refractivity contribution >= 4 is 35.0 Å². The maximum atomic E-state index is 12.2. The first-order valence-corrected chi connectivity index (χ1v) is 8.67. The Morgan fingerprint density at radius 3 is 2.74 bits per heavy atom. The summed E-state index contributed by atoms with van der Waals surface area (Å²) in [5.41, 5.74) is 0.483. The molecule has 1 atom stereocenters. The zero-order valence-electron chi connectivity index (χ0n) is 13.9. The molecule has 1 aliphatic heterocycles. The number of hydrogen-bond acceptors (Lipinski definition) is 3. The minimum atomic E-state index is -0.456. The molecule has 1 aliphatic rings. The fourth-order valence-corrected chi connectivity index (χ4v) is 2.89. The van der Waals surface area contributed by atoms with Crippen LogP contribution in [-0.2, 0) is 4.74 Å². The lowest BCUT2D eigenvalue weighted by Gasteiger charge is -2.34. The van der Waals surface area contributed by atoms with Gasteiger partial charge in [0.05, 0.1) is 10.0 Å². The highest BCUT2D eigenvalue weighted by molar-refractivity contribution is 6.42. The summed E-state index contributed by atoms with van der Waals surface area (Å²) in [4.78, 5) is 14.0. The number of rotatable bonds is 3. The summed E-state index contributed by atoms with van der Waals surface area (Å²) in [5.74, 6) is 0.394. The molecule has 1 N–H and O–H groups in total. The molecule has 1 aromatic rings. The Morgan fingerprint density at radius 1 is 1.35 bits per heavy atom. The summed E-state index contributed by atoms with van der Waals surface area (Å²) in [6, 6.07) is 5.50. The van der Waals surface area contributed by atoms with Gasteiger partial charge in [0.25, 0.3) is 0 Å². The number of anilines is 1. The van der Waals surface area contributed by atoms with Gasteiger partial charge in [0.2, 0.25) is 0 Å². The Hall–Kier alpha value is -1.13. The molecule has 128 valence electrons. The lowest BCUT2D eigenvalue weighted by atomic mass is 9.98. The average Bonchev–Trinajstić information content (AvgIpc) is 2.47. The highest BCUT2D eigenvalue weighted by atomic mass is 35.5. The van der Waals surface area contributed by atoms with Crippen LogP contribution in [0.25, 0.3) is 0 Å². The van der Waals surface area contributed by atoms with Gasteiger partial charge in [-0.3, -0.25) is 0 Å². The molecule has 1 saturated heterocycles. The molecule has 0 bridgehead atoms. The van der Waals surface area contributed by atoms with Crippen LogP contribution in [0, 0.1) is 5.92 Å². The summed E-state index contributed by atoms with van der Waals surface area (Å²) in [7, 11) is 0. The molecule has 1 fully saturated rings. The lowest BCUT2D eigenvalue weighted by molar-refractivity contribution is 0.0172. The van der Waals surface area contributed by atoms with E-state index in [1.54, 1.807) is 11.0 Å². The van der Waals surface area contributed by atoms with Gasteiger partial charge in [0.1, 0.15) is 5.60 Å². The van der Waals surface area contributed by atoms with Gasteiger partial charge in [-0.2, -0.15) is 0 Å². The van der Waals surface area contributed by atoms with Crippen LogP contribution in [-0.4, -0.2) is 36.2 Å². The smallest absolute Gasteiger partial charge is 0.410 e. The minimum Gasteiger partial charge on any atom is -0.444 e. The quantitative estimate of drug-likeness (QED) is 0.821. The number of piperidine rings is 1. The van der Waals surface area contributed by atoms with Gasteiger partial charge in [-0.25, -0.2) is 4.79 Å². The molecule has 0 spiro atoms. The number of amides is 1. The molecule has 0 aromatic heterocycles. The standard InChI is InChI=1S/C17H24Cl2N2O2/c1-17(2,3)23-16(22)21-8-4-5-12(11-21)10-20-13-6-7-14(18)15(19)9-13/h6-7,9,12,20H,4-5,8,10-11H2,1-3H3. The summed E-state index contributed by atoms with van der Waals surface area (Å²) in [5, 5.41) is 4.45. The number of nitrogens with one attached hydrogen (secondary N) is 1. The molecule has 0 saturated carbocycles. The number of carbonyl (C=O) groups excluding carboxylic acids is 1. The summed E-state index contributed by atoms with van der Waals surface area (Å²) < 4.78 is 5.45. The third-order valence-electron chi connectivity index (χ3n) is 3.69. The zero-order valence-corrected chi connectivity index (χ0v) is 15.4. The molecule has 6 heteroatoms. The Bertz CT molecular complexity index is 558. The first-order chi connectivity index (χ1) is 10.7. The van der Waals surface area contributed by atoms with Crippen molar-refractivity contribution in [2.24, 2.45) is 5.92 Å². The van der Waals surface area contributed by atoms with Crippen LogP contribution in [0.1, 0.15) is 33.6 Å². The van der Waals surface area contributed by atoms with E-state index in [4.69, 9.17) is 27.9 Å². The van der Waals surface area contributed by atoms with Crippen molar-refractivity contribution in [3.05, 3.63) is 28.2 Å². The van der Waals surface area contributed by atoms with Gasteiger partial charge in [-0.15, -0.1) is 0 Å². The second-order valence-corrected chi connectivity index (χ2v) is 7.76. The fraction of sp³-hybridized carbons (Fsp3) is 0.588. The van der Waals surface area contributed by atoms with Crippen molar-refractivity contribution in [3.8, 4) is 0 Å². The monoisotopic (exact) mass is 358 g/mol.